The Labute approximate surface area is 174 Å². The molecule has 0 saturated heterocycles. The molecule has 0 fully saturated rings. The van der Waals surface area contributed by atoms with E-state index in [9.17, 15) is 4.79 Å². The van der Waals surface area contributed by atoms with E-state index in [1.54, 1.807) is 6.26 Å². The number of rotatable bonds is 7. The summed E-state index contributed by atoms with van der Waals surface area (Å²) in [5.74, 6) is 0.633. The van der Waals surface area contributed by atoms with Crippen LogP contribution in [0.15, 0.2) is 71.5 Å². The van der Waals surface area contributed by atoms with Crippen LogP contribution in [0, 0.1) is 0 Å². The Morgan fingerprint density at radius 1 is 1.14 bits per heavy atom. The highest BCUT2D eigenvalue weighted by Crippen LogP contribution is 2.35. The van der Waals surface area contributed by atoms with Crippen molar-refractivity contribution in [3.05, 3.63) is 94.5 Å². The smallest absolute Gasteiger partial charge is 0.221 e. The van der Waals surface area contributed by atoms with Crippen molar-refractivity contribution < 1.29 is 9.21 Å². The molecular formula is C24H23ClN2O2. The number of carbonyl (C=O) groups is 1. The van der Waals surface area contributed by atoms with Gasteiger partial charge in [0.2, 0.25) is 5.91 Å². The second kappa shape index (κ2) is 8.58. The van der Waals surface area contributed by atoms with Crippen molar-refractivity contribution in [1.82, 2.24) is 10.3 Å². The van der Waals surface area contributed by atoms with E-state index < -0.39 is 0 Å². The average Bonchev–Trinajstić information content (AvgIpc) is 3.41. The standard InChI is InChI=1S/C24H23ClN2O2/c1-2-16-5-3-7-20-22(15-27-24(16)20)21(17-8-10-18(25)11-9-17)13-23(28)26-14-19-6-4-12-29-19/h3-12,15,21,27H,2,13-14H2,1H3,(H,26,28)/t21-/m1/s1. The average molecular weight is 407 g/mol. The van der Waals surface area contributed by atoms with Crippen molar-refractivity contribution in [1.29, 1.82) is 0 Å². The number of hydrogen-bond donors (Lipinski definition) is 2. The number of nitrogens with one attached hydrogen (secondary N) is 2. The number of hydrogen-bond acceptors (Lipinski definition) is 2. The Morgan fingerprint density at radius 3 is 2.69 bits per heavy atom. The van der Waals surface area contributed by atoms with Crippen molar-refractivity contribution in [2.24, 2.45) is 0 Å². The fraction of sp³-hybridized carbons (Fsp3) is 0.208. The second-order valence-electron chi connectivity index (χ2n) is 7.10. The van der Waals surface area contributed by atoms with Gasteiger partial charge in [-0.15, -0.1) is 0 Å². The van der Waals surface area contributed by atoms with E-state index in [1.807, 2.05) is 42.6 Å². The molecule has 2 aromatic carbocycles. The lowest BCUT2D eigenvalue weighted by atomic mass is 9.87. The largest absolute Gasteiger partial charge is 0.467 e. The normalized spacial score (nSPS) is 12.2. The van der Waals surface area contributed by atoms with Gasteiger partial charge in [-0.1, -0.05) is 48.9 Å². The summed E-state index contributed by atoms with van der Waals surface area (Å²) in [7, 11) is 0. The first-order valence-electron chi connectivity index (χ1n) is 9.79. The molecule has 4 aromatic rings. The number of aromatic nitrogens is 1. The highest BCUT2D eigenvalue weighted by molar-refractivity contribution is 6.30. The predicted molar refractivity (Wildman–Crippen MR) is 116 cm³/mol. The summed E-state index contributed by atoms with van der Waals surface area (Å²) >= 11 is 6.09. The molecule has 0 saturated carbocycles. The monoisotopic (exact) mass is 406 g/mol. The van der Waals surface area contributed by atoms with Gasteiger partial charge in [0.15, 0.2) is 0 Å². The SMILES string of the molecule is CCc1cccc2c([C@H](CC(=O)NCc3ccco3)c3ccc(Cl)cc3)c[nH]c12. The Balaban J connectivity index is 1.65. The van der Waals surface area contributed by atoms with Crippen molar-refractivity contribution in [2.75, 3.05) is 0 Å². The molecule has 5 heteroatoms. The lowest BCUT2D eigenvalue weighted by Gasteiger charge is -2.17. The first-order chi connectivity index (χ1) is 14.2. The molecule has 0 aliphatic heterocycles. The first kappa shape index (κ1) is 19.3. The number of carbonyl (C=O) groups excluding carboxylic acids is 1. The Bertz CT molecular complexity index is 1100. The summed E-state index contributed by atoms with van der Waals surface area (Å²) in [4.78, 5) is 16.2. The third-order valence-electron chi connectivity index (χ3n) is 5.29. The topological polar surface area (TPSA) is 58.0 Å². The van der Waals surface area contributed by atoms with Gasteiger partial charge in [-0.25, -0.2) is 0 Å². The maximum atomic E-state index is 12.8. The molecule has 4 nitrogen and oxygen atoms in total. The Kier molecular flexibility index (Phi) is 5.72. The lowest BCUT2D eigenvalue weighted by Crippen LogP contribution is -2.24. The van der Waals surface area contributed by atoms with E-state index in [4.69, 9.17) is 16.0 Å². The molecule has 148 valence electrons. The lowest BCUT2D eigenvalue weighted by molar-refractivity contribution is -0.121. The second-order valence-corrected chi connectivity index (χ2v) is 7.54. The molecular weight excluding hydrogens is 384 g/mol. The van der Waals surface area contributed by atoms with Gasteiger partial charge < -0.3 is 14.7 Å². The number of furan rings is 1. The van der Waals surface area contributed by atoms with Gasteiger partial charge in [-0.05, 0) is 47.4 Å². The van der Waals surface area contributed by atoms with E-state index in [0.717, 1.165) is 34.2 Å². The zero-order valence-electron chi connectivity index (χ0n) is 16.2. The number of H-pyrrole nitrogens is 1. The summed E-state index contributed by atoms with van der Waals surface area (Å²) in [6.07, 6.45) is 4.93. The van der Waals surface area contributed by atoms with Crippen molar-refractivity contribution in [3.8, 4) is 0 Å². The van der Waals surface area contributed by atoms with Crippen LogP contribution in [-0.2, 0) is 17.8 Å². The number of aryl methyl sites for hydroxylation is 1. The number of amides is 1. The van der Waals surface area contributed by atoms with Gasteiger partial charge in [-0.3, -0.25) is 4.79 Å². The predicted octanol–water partition coefficient (Wildman–Crippen LogP) is 5.82. The summed E-state index contributed by atoms with van der Waals surface area (Å²) in [5, 5.41) is 4.80. The van der Waals surface area contributed by atoms with Gasteiger partial charge in [0.05, 0.1) is 12.8 Å². The molecule has 4 rings (SSSR count). The molecule has 0 unspecified atom stereocenters. The van der Waals surface area contributed by atoms with Crippen LogP contribution in [-0.4, -0.2) is 10.9 Å². The zero-order valence-corrected chi connectivity index (χ0v) is 17.0. The number of aromatic amines is 1. The molecule has 0 aliphatic rings. The summed E-state index contributed by atoms with van der Waals surface area (Å²) in [5.41, 5.74) is 4.59. The molecule has 0 radical (unpaired) electrons. The maximum absolute atomic E-state index is 12.8. The third-order valence-corrected chi connectivity index (χ3v) is 5.54. The minimum atomic E-state index is -0.0790. The molecule has 29 heavy (non-hydrogen) atoms. The van der Waals surface area contributed by atoms with Crippen LogP contribution in [0.5, 0.6) is 0 Å². The van der Waals surface area contributed by atoms with E-state index in [0.29, 0.717) is 18.0 Å². The summed E-state index contributed by atoms with van der Waals surface area (Å²) in [6, 6.07) is 17.7. The fourth-order valence-corrected chi connectivity index (χ4v) is 3.91. The fourth-order valence-electron chi connectivity index (χ4n) is 3.78. The number of fused-ring (bicyclic) bond motifs is 1. The zero-order chi connectivity index (χ0) is 20.2. The van der Waals surface area contributed by atoms with Crippen LogP contribution in [0.4, 0.5) is 0 Å². The molecule has 2 heterocycles. The van der Waals surface area contributed by atoms with Crippen molar-refractivity contribution >= 4 is 28.4 Å². The minimum absolute atomic E-state index is 0.0256. The van der Waals surface area contributed by atoms with Crippen LogP contribution in [0.2, 0.25) is 5.02 Å². The molecule has 0 spiro atoms. The van der Waals surface area contributed by atoms with Crippen LogP contribution >= 0.6 is 11.6 Å². The molecule has 0 aliphatic carbocycles. The highest BCUT2D eigenvalue weighted by atomic mass is 35.5. The van der Waals surface area contributed by atoms with Crippen LogP contribution in [0.25, 0.3) is 10.9 Å². The molecule has 2 aromatic heterocycles. The van der Waals surface area contributed by atoms with Crippen molar-refractivity contribution in [2.45, 2.75) is 32.2 Å². The van der Waals surface area contributed by atoms with Crippen LogP contribution < -0.4 is 5.32 Å². The molecule has 1 atom stereocenters. The quantitative estimate of drug-likeness (QED) is 0.406. The Morgan fingerprint density at radius 2 is 1.97 bits per heavy atom. The molecule has 2 N–H and O–H groups in total. The number of benzene rings is 2. The van der Waals surface area contributed by atoms with Crippen LogP contribution in [0.3, 0.4) is 0 Å². The van der Waals surface area contributed by atoms with E-state index in [2.05, 4.69) is 35.4 Å². The van der Waals surface area contributed by atoms with E-state index >= 15 is 0 Å². The van der Waals surface area contributed by atoms with Gasteiger partial charge in [-0.2, -0.15) is 0 Å². The first-order valence-corrected chi connectivity index (χ1v) is 10.2. The number of halogens is 1. The minimum Gasteiger partial charge on any atom is -0.467 e. The molecule has 1 amide bonds. The van der Waals surface area contributed by atoms with Gasteiger partial charge in [0.1, 0.15) is 5.76 Å². The van der Waals surface area contributed by atoms with Gasteiger partial charge in [0, 0.05) is 34.5 Å². The molecule has 0 bridgehead atoms. The van der Waals surface area contributed by atoms with E-state index in [-0.39, 0.29) is 11.8 Å². The summed E-state index contributed by atoms with van der Waals surface area (Å²) < 4.78 is 5.31. The number of para-hydroxylation sites is 1. The van der Waals surface area contributed by atoms with Gasteiger partial charge in [0.25, 0.3) is 0 Å². The third kappa shape index (κ3) is 4.22. The van der Waals surface area contributed by atoms with Gasteiger partial charge >= 0.3 is 0 Å². The van der Waals surface area contributed by atoms with E-state index in [1.165, 1.54) is 5.56 Å². The summed E-state index contributed by atoms with van der Waals surface area (Å²) in [6.45, 7) is 2.53. The maximum Gasteiger partial charge on any atom is 0.221 e. The van der Waals surface area contributed by atoms with Crippen molar-refractivity contribution in [3.63, 3.8) is 0 Å². The highest BCUT2D eigenvalue weighted by Gasteiger charge is 2.22. The Hall–Kier alpha value is -2.98. The van der Waals surface area contributed by atoms with Crippen LogP contribution in [0.1, 0.15) is 41.7 Å².